The van der Waals surface area contributed by atoms with Crippen molar-refractivity contribution >= 4 is 0 Å². The molecule has 8 atom stereocenters. The topological polar surface area (TPSA) is 20.2 Å². The molecule has 4 aliphatic carbocycles. The van der Waals surface area contributed by atoms with E-state index in [1.54, 1.807) is 5.57 Å². The molecule has 4 aliphatic rings. The van der Waals surface area contributed by atoms with Gasteiger partial charge in [0.1, 0.15) is 0 Å². The largest absolute Gasteiger partial charge is 0.393 e. The van der Waals surface area contributed by atoms with E-state index in [0.717, 1.165) is 30.6 Å². The Morgan fingerprint density at radius 2 is 1.89 bits per heavy atom. The van der Waals surface area contributed by atoms with Gasteiger partial charge < -0.3 is 5.11 Å². The number of hydrogen-bond acceptors (Lipinski definition) is 1. The maximum atomic E-state index is 10.3. The molecule has 0 aromatic heterocycles. The van der Waals surface area contributed by atoms with Gasteiger partial charge in [0.15, 0.2) is 0 Å². The van der Waals surface area contributed by atoms with E-state index >= 15 is 0 Å². The van der Waals surface area contributed by atoms with Gasteiger partial charge in [-0.2, -0.15) is 0 Å². The Morgan fingerprint density at radius 1 is 1.11 bits per heavy atom. The average molecular weight is 387 g/mol. The van der Waals surface area contributed by atoms with E-state index in [1.165, 1.54) is 44.1 Å². The van der Waals surface area contributed by atoms with Crippen LogP contribution in [0.2, 0.25) is 0 Å². The minimum absolute atomic E-state index is 0.207. The molecule has 1 nitrogen and oxygen atoms in total. The van der Waals surface area contributed by atoms with Crippen molar-refractivity contribution in [3.05, 3.63) is 23.3 Å². The zero-order valence-corrected chi connectivity index (χ0v) is 18.8. The van der Waals surface area contributed by atoms with E-state index < -0.39 is 6.08 Å². The molecule has 0 radical (unpaired) electrons. The highest BCUT2D eigenvalue weighted by molar-refractivity contribution is 5.31. The van der Waals surface area contributed by atoms with Gasteiger partial charge in [0, 0.05) is 1.37 Å². The molecule has 0 aliphatic heterocycles. The van der Waals surface area contributed by atoms with Crippen LogP contribution in [-0.2, 0) is 0 Å². The maximum Gasteiger partial charge on any atom is 0.0604 e. The molecule has 2 saturated carbocycles. The fourth-order valence-corrected chi connectivity index (χ4v) is 7.78. The summed E-state index contributed by atoms with van der Waals surface area (Å²) in [4.78, 5) is 0. The van der Waals surface area contributed by atoms with Crippen LogP contribution in [0.5, 0.6) is 0 Å². The van der Waals surface area contributed by atoms with Gasteiger partial charge in [-0.05, 0) is 91.8 Å². The summed E-state index contributed by atoms with van der Waals surface area (Å²) in [5, 5.41) is 10.3. The molecule has 2 fully saturated rings. The van der Waals surface area contributed by atoms with E-state index in [2.05, 4.69) is 39.8 Å². The lowest BCUT2D eigenvalue weighted by Gasteiger charge is -2.58. The highest BCUT2D eigenvalue weighted by atomic mass is 16.3. The van der Waals surface area contributed by atoms with E-state index in [-0.39, 0.29) is 5.41 Å². The third-order valence-electron chi connectivity index (χ3n) is 9.46. The first kappa shape index (κ1) is 18.2. The molecular formula is C27H44O. The Kier molecular flexibility index (Phi) is 4.95. The molecule has 0 saturated heterocycles. The van der Waals surface area contributed by atoms with Crippen molar-refractivity contribution in [1.29, 1.82) is 0 Å². The van der Waals surface area contributed by atoms with Gasteiger partial charge in [-0.25, -0.2) is 0 Å². The molecule has 1 N–H and O–H groups in total. The Bertz CT molecular complexity index is 710. The number of fused-ring (bicyclic) bond motifs is 5. The fourth-order valence-electron chi connectivity index (χ4n) is 7.78. The van der Waals surface area contributed by atoms with E-state index in [9.17, 15) is 5.11 Å². The van der Waals surface area contributed by atoms with Gasteiger partial charge in [0.25, 0.3) is 0 Å². The Hall–Kier alpha value is -0.560. The minimum atomic E-state index is -1.24. The lowest BCUT2D eigenvalue weighted by Crippen LogP contribution is -2.50. The zero-order chi connectivity index (χ0) is 21.7. The summed E-state index contributed by atoms with van der Waals surface area (Å²) in [6.07, 6.45) is 14.7. The molecule has 0 unspecified atom stereocenters. The molecule has 1 heteroatoms. The van der Waals surface area contributed by atoms with Gasteiger partial charge >= 0.3 is 0 Å². The summed E-state index contributed by atoms with van der Waals surface area (Å²) in [6.45, 7) is 10.2. The van der Waals surface area contributed by atoms with E-state index in [4.69, 9.17) is 2.74 Å². The van der Waals surface area contributed by atoms with E-state index in [0.29, 0.717) is 37.0 Å². The highest BCUT2D eigenvalue weighted by Crippen LogP contribution is 2.65. The third-order valence-corrected chi connectivity index (χ3v) is 9.46. The van der Waals surface area contributed by atoms with Crippen molar-refractivity contribution in [2.45, 2.75) is 105 Å². The van der Waals surface area contributed by atoms with Gasteiger partial charge in [-0.1, -0.05) is 70.7 Å². The Balaban J connectivity index is 1.47. The van der Waals surface area contributed by atoms with Crippen molar-refractivity contribution in [3.63, 3.8) is 0 Å². The Labute approximate surface area is 176 Å². The SMILES string of the molecule is [2H]C[C@H](C)CCC[C@@H](C)C1=CC[C@H]2[C@@H]3CC=C4C[C@@]([2H])(O)CC[C@]4(C)[C@H]3CC[C@]12C. The predicted octanol–water partition coefficient (Wildman–Crippen LogP) is 7.31. The zero-order valence-electron chi connectivity index (χ0n) is 20.8. The van der Waals surface area contributed by atoms with Crippen LogP contribution in [0.25, 0.3) is 0 Å². The van der Waals surface area contributed by atoms with Crippen LogP contribution in [0.1, 0.15) is 102 Å². The van der Waals surface area contributed by atoms with Gasteiger partial charge in [-0.3, -0.25) is 0 Å². The Morgan fingerprint density at radius 3 is 2.68 bits per heavy atom. The van der Waals surface area contributed by atoms with Crippen molar-refractivity contribution in [2.75, 3.05) is 0 Å². The van der Waals surface area contributed by atoms with Crippen molar-refractivity contribution in [3.8, 4) is 0 Å². The molecule has 0 amide bonds. The normalized spacial score (nSPS) is 48.2. The molecular weight excluding hydrogens is 340 g/mol. The molecule has 158 valence electrons. The van der Waals surface area contributed by atoms with Crippen molar-refractivity contribution < 1.29 is 7.85 Å². The first-order chi connectivity index (χ1) is 14.1. The monoisotopic (exact) mass is 386 g/mol. The van der Waals surface area contributed by atoms with Gasteiger partial charge in [0.05, 0.1) is 7.45 Å². The first-order valence-corrected chi connectivity index (χ1v) is 12.0. The number of aliphatic hydroxyl groups is 1. The average Bonchev–Trinajstić information content (AvgIpc) is 3.05. The minimum Gasteiger partial charge on any atom is -0.393 e. The lowest BCUT2D eigenvalue weighted by molar-refractivity contribution is -0.0316. The van der Waals surface area contributed by atoms with Crippen LogP contribution in [0.4, 0.5) is 0 Å². The second-order valence-electron chi connectivity index (χ2n) is 11.3. The summed E-state index contributed by atoms with van der Waals surface area (Å²) < 4.78 is 15.7. The van der Waals surface area contributed by atoms with Gasteiger partial charge in [0.2, 0.25) is 0 Å². The summed E-state index contributed by atoms with van der Waals surface area (Å²) >= 11 is 0. The van der Waals surface area contributed by atoms with Crippen LogP contribution >= 0.6 is 0 Å². The summed E-state index contributed by atoms with van der Waals surface area (Å²) in [5.74, 6) is 3.47. The second kappa shape index (κ2) is 7.60. The third kappa shape index (κ3) is 3.34. The molecule has 0 aromatic carbocycles. The lowest BCUT2D eigenvalue weighted by atomic mass is 9.47. The summed E-state index contributed by atoms with van der Waals surface area (Å²) in [7, 11) is 0. The molecule has 0 bridgehead atoms. The summed E-state index contributed by atoms with van der Waals surface area (Å²) in [6, 6.07) is 0. The van der Waals surface area contributed by atoms with E-state index in [1.807, 2.05) is 0 Å². The van der Waals surface area contributed by atoms with Crippen molar-refractivity contribution in [1.82, 2.24) is 0 Å². The number of rotatable bonds is 5. The quantitative estimate of drug-likeness (QED) is 0.491. The molecule has 0 spiro atoms. The molecule has 0 heterocycles. The highest BCUT2D eigenvalue weighted by Gasteiger charge is 2.56. The van der Waals surface area contributed by atoms with Crippen LogP contribution in [0.3, 0.4) is 0 Å². The standard InChI is InChI=1S/C27H44O/c1-18(2)7-6-8-19(3)23-11-12-24-22-10-9-20-17-21(28)13-15-26(20,4)25(22)14-16-27(23,24)5/h9,11,18-19,21-22,24-25,28H,6-8,10,12-17H2,1-5H3/t19-,21+,22+,24+,25+,26+,27-/m1/s1/i1D,21D/t18-,19-,21+,22+,24+,25+,26+,27-. The molecule has 28 heavy (non-hydrogen) atoms. The van der Waals surface area contributed by atoms with Crippen LogP contribution < -0.4 is 0 Å². The maximum absolute atomic E-state index is 10.3. The second-order valence-corrected chi connectivity index (χ2v) is 11.3. The predicted molar refractivity (Wildman–Crippen MR) is 119 cm³/mol. The smallest absolute Gasteiger partial charge is 0.0604 e. The number of allylic oxidation sites excluding steroid dienone is 3. The van der Waals surface area contributed by atoms with Crippen LogP contribution in [-0.4, -0.2) is 11.2 Å². The first-order valence-electron chi connectivity index (χ1n) is 13.2. The fraction of sp³-hybridized carbons (Fsp3) is 0.852. The van der Waals surface area contributed by atoms with Crippen LogP contribution in [0, 0.1) is 40.4 Å². The summed E-state index contributed by atoms with van der Waals surface area (Å²) in [5.41, 5.74) is 3.71. The van der Waals surface area contributed by atoms with Crippen molar-refractivity contribution in [2.24, 2.45) is 40.4 Å². The molecule has 4 rings (SSSR count). The van der Waals surface area contributed by atoms with Crippen LogP contribution in [0.15, 0.2) is 23.3 Å². The number of hydrogen-bond donors (Lipinski definition) is 1. The van der Waals surface area contributed by atoms with Gasteiger partial charge in [-0.15, -0.1) is 0 Å². The molecule has 0 aromatic rings.